The van der Waals surface area contributed by atoms with Crippen molar-refractivity contribution in [1.29, 1.82) is 0 Å². The lowest BCUT2D eigenvalue weighted by atomic mass is 10.2. The van der Waals surface area contributed by atoms with E-state index in [1.807, 2.05) is 29.6 Å². The van der Waals surface area contributed by atoms with Crippen molar-refractivity contribution in [2.45, 2.75) is 13.3 Å². The number of benzene rings is 2. The van der Waals surface area contributed by atoms with Gasteiger partial charge in [0.25, 0.3) is 11.8 Å². The molecule has 0 fully saturated rings. The van der Waals surface area contributed by atoms with Gasteiger partial charge in [-0.15, -0.1) is 22.7 Å². The summed E-state index contributed by atoms with van der Waals surface area (Å²) in [6, 6.07) is 14.5. The summed E-state index contributed by atoms with van der Waals surface area (Å²) in [7, 11) is 0. The highest BCUT2D eigenvalue weighted by Gasteiger charge is 2.25. The number of aliphatic imine (C=N–C) groups is 2. The molecule has 0 aliphatic carbocycles. The van der Waals surface area contributed by atoms with E-state index in [9.17, 15) is 9.59 Å². The zero-order valence-electron chi connectivity index (χ0n) is 21.6. The van der Waals surface area contributed by atoms with E-state index < -0.39 is 0 Å². The predicted molar refractivity (Wildman–Crippen MR) is 179 cm³/mol. The van der Waals surface area contributed by atoms with Crippen LogP contribution in [0, 0.1) is 0 Å². The standard InChI is InChI=1S/C28H18Cl2N6O2S4/c1-2-19-22(32-26(40-19)36-28-34-24(38)21(42-28)12-15-5-9-17(30)10-6-15)18-13-39-25(31-18)35-27-33-23(37)20(41-27)11-14-3-7-16(29)8-4-14/h3-13H,2H2,1H3,(H,31,33,35,37)(H,32,34,36,38)/b20-11+,21-12+. The van der Waals surface area contributed by atoms with Crippen molar-refractivity contribution in [2.24, 2.45) is 9.98 Å². The molecule has 210 valence electrons. The smallest absolute Gasteiger partial charge is 0.286 e. The van der Waals surface area contributed by atoms with Gasteiger partial charge in [-0.3, -0.25) is 9.59 Å². The minimum absolute atomic E-state index is 0.308. The zero-order chi connectivity index (χ0) is 29.2. The topological polar surface area (TPSA) is 109 Å². The van der Waals surface area contributed by atoms with Crippen LogP contribution < -0.4 is 10.6 Å². The van der Waals surface area contributed by atoms with E-state index in [0.29, 0.717) is 46.1 Å². The van der Waals surface area contributed by atoms with E-state index in [0.717, 1.165) is 28.1 Å². The van der Waals surface area contributed by atoms with Crippen LogP contribution in [0.25, 0.3) is 23.5 Å². The molecule has 0 saturated heterocycles. The number of aromatic nitrogens is 2. The number of carbonyl (C=O) groups excluding carboxylic acids is 2. The fourth-order valence-corrected chi connectivity index (χ4v) is 7.42. The molecule has 0 bridgehead atoms. The first kappa shape index (κ1) is 28.8. The number of aryl methyl sites for hydroxylation is 1. The third kappa shape index (κ3) is 6.69. The molecule has 4 aromatic rings. The summed E-state index contributed by atoms with van der Waals surface area (Å²) in [4.78, 5) is 44.7. The summed E-state index contributed by atoms with van der Waals surface area (Å²) in [5.41, 5.74) is 3.19. The summed E-state index contributed by atoms with van der Waals surface area (Å²) in [5.74, 6) is -0.618. The van der Waals surface area contributed by atoms with Gasteiger partial charge in [-0.25, -0.2) is 9.97 Å². The number of thiazole rings is 2. The van der Waals surface area contributed by atoms with Gasteiger partial charge in [0.1, 0.15) is 11.4 Å². The molecule has 0 spiro atoms. The zero-order valence-corrected chi connectivity index (χ0v) is 26.3. The van der Waals surface area contributed by atoms with Crippen LogP contribution in [0.1, 0.15) is 22.9 Å². The van der Waals surface area contributed by atoms with Gasteiger partial charge in [0, 0.05) is 20.3 Å². The molecular formula is C28H18Cl2N6O2S4. The van der Waals surface area contributed by atoms with Gasteiger partial charge in [-0.1, -0.05) is 54.4 Å². The van der Waals surface area contributed by atoms with Crippen molar-refractivity contribution in [3.05, 3.63) is 89.8 Å². The molecular weight excluding hydrogens is 652 g/mol. The predicted octanol–water partition coefficient (Wildman–Crippen LogP) is 8.30. The first-order valence-corrected chi connectivity index (χ1v) is 16.5. The molecule has 42 heavy (non-hydrogen) atoms. The minimum atomic E-state index is -0.310. The highest BCUT2D eigenvalue weighted by molar-refractivity contribution is 8.19. The molecule has 0 saturated carbocycles. The largest absolute Gasteiger partial charge is 0.310 e. The third-order valence-corrected chi connectivity index (χ3v) is 9.94. The lowest BCUT2D eigenvalue weighted by molar-refractivity contribution is -0.114. The first-order chi connectivity index (χ1) is 20.3. The highest BCUT2D eigenvalue weighted by Crippen LogP contribution is 2.36. The van der Waals surface area contributed by atoms with Crippen LogP contribution in [0.2, 0.25) is 10.0 Å². The maximum absolute atomic E-state index is 12.5. The number of carbonyl (C=O) groups is 2. The molecule has 0 unspecified atom stereocenters. The van der Waals surface area contributed by atoms with Crippen LogP contribution in [0.4, 0.5) is 10.3 Å². The van der Waals surface area contributed by atoms with Crippen LogP contribution >= 0.6 is 69.4 Å². The Morgan fingerprint density at radius 1 is 0.762 bits per heavy atom. The van der Waals surface area contributed by atoms with Crippen LogP contribution in [0.3, 0.4) is 0 Å². The first-order valence-electron chi connectivity index (χ1n) is 12.4. The number of amides is 2. The van der Waals surface area contributed by atoms with Crippen molar-refractivity contribution < 1.29 is 9.59 Å². The molecule has 2 aromatic carbocycles. The normalized spacial score (nSPS) is 16.8. The van der Waals surface area contributed by atoms with Crippen molar-refractivity contribution in [3.8, 4) is 11.4 Å². The van der Waals surface area contributed by atoms with E-state index in [1.54, 1.807) is 36.4 Å². The Balaban J connectivity index is 1.12. The lowest BCUT2D eigenvalue weighted by Gasteiger charge is -2.00. The fourth-order valence-electron chi connectivity index (χ4n) is 3.81. The van der Waals surface area contributed by atoms with E-state index >= 15 is 0 Å². The monoisotopic (exact) mass is 668 g/mol. The summed E-state index contributed by atoms with van der Waals surface area (Å²) in [6.07, 6.45) is 4.32. The van der Waals surface area contributed by atoms with Crippen molar-refractivity contribution in [2.75, 3.05) is 10.6 Å². The minimum Gasteiger partial charge on any atom is -0.310 e. The Morgan fingerprint density at radius 3 is 1.81 bits per heavy atom. The van der Waals surface area contributed by atoms with Crippen molar-refractivity contribution >= 4 is 114 Å². The number of amidine groups is 2. The van der Waals surface area contributed by atoms with Gasteiger partial charge in [-0.05, 0) is 77.5 Å². The molecule has 2 aliphatic heterocycles. The van der Waals surface area contributed by atoms with E-state index in [2.05, 4.69) is 27.5 Å². The van der Waals surface area contributed by atoms with Gasteiger partial charge in [0.15, 0.2) is 20.6 Å². The number of hydrogen-bond acceptors (Lipinski definition) is 10. The van der Waals surface area contributed by atoms with Gasteiger partial charge in [-0.2, -0.15) is 9.98 Å². The van der Waals surface area contributed by atoms with Gasteiger partial charge in [0.2, 0.25) is 0 Å². The molecule has 2 aromatic heterocycles. The Labute approximate surface area is 267 Å². The van der Waals surface area contributed by atoms with Gasteiger partial charge in [0.05, 0.1) is 9.81 Å². The Bertz CT molecular complexity index is 1830. The van der Waals surface area contributed by atoms with Crippen LogP contribution in [0.15, 0.2) is 73.7 Å². The maximum Gasteiger partial charge on any atom is 0.286 e. The molecule has 2 N–H and O–H groups in total. The van der Waals surface area contributed by atoms with Gasteiger partial charge >= 0.3 is 0 Å². The number of nitrogens with zero attached hydrogens (tertiary/aromatic N) is 4. The molecule has 4 heterocycles. The van der Waals surface area contributed by atoms with Crippen LogP contribution in [0.5, 0.6) is 0 Å². The number of halogens is 2. The van der Waals surface area contributed by atoms with Crippen LogP contribution in [-0.4, -0.2) is 32.1 Å². The quantitative estimate of drug-likeness (QED) is 0.198. The Hall–Kier alpha value is -3.26. The number of nitrogens with one attached hydrogen (secondary N) is 2. The number of thioether (sulfide) groups is 2. The number of rotatable bonds is 6. The van der Waals surface area contributed by atoms with E-state index in [4.69, 9.17) is 33.2 Å². The molecule has 2 aliphatic rings. The Morgan fingerprint density at radius 2 is 1.29 bits per heavy atom. The molecule has 6 rings (SSSR count). The summed E-state index contributed by atoms with van der Waals surface area (Å²) < 4.78 is 0. The number of hydrogen-bond donors (Lipinski definition) is 2. The molecule has 0 radical (unpaired) electrons. The van der Waals surface area contributed by atoms with E-state index in [1.165, 1.54) is 46.2 Å². The lowest BCUT2D eigenvalue weighted by Crippen LogP contribution is -2.04. The van der Waals surface area contributed by atoms with Crippen molar-refractivity contribution in [1.82, 2.24) is 9.97 Å². The van der Waals surface area contributed by atoms with Crippen LogP contribution in [-0.2, 0) is 16.0 Å². The second-order valence-electron chi connectivity index (χ2n) is 8.70. The van der Waals surface area contributed by atoms with Gasteiger partial charge < -0.3 is 10.6 Å². The van der Waals surface area contributed by atoms with E-state index in [-0.39, 0.29) is 11.8 Å². The summed E-state index contributed by atoms with van der Waals surface area (Å²) >= 11 is 17.3. The average molecular weight is 670 g/mol. The molecule has 0 atom stereocenters. The fraction of sp³-hybridized carbons (Fsp3) is 0.0714. The van der Waals surface area contributed by atoms with Crippen molar-refractivity contribution in [3.63, 3.8) is 0 Å². The Kier molecular flexibility index (Phi) is 8.61. The second-order valence-corrected chi connectivity index (χ2v) is 13.6. The summed E-state index contributed by atoms with van der Waals surface area (Å²) in [5, 5.41) is 11.6. The second kappa shape index (κ2) is 12.5. The molecule has 14 heteroatoms. The third-order valence-electron chi connectivity index (χ3n) is 5.77. The number of anilines is 2. The highest BCUT2D eigenvalue weighted by atomic mass is 35.5. The molecule has 2 amide bonds. The summed E-state index contributed by atoms with van der Waals surface area (Å²) in [6.45, 7) is 2.05. The average Bonchev–Trinajstić information content (AvgIpc) is 3.75. The maximum atomic E-state index is 12.5. The molecule has 8 nitrogen and oxygen atoms in total. The SMILES string of the molecule is CCc1sc(NC2=NC(=O)/C(=C\c3ccc(Cl)cc3)S2)nc1-c1csc(NC2=NC(=O)/C(=C\c3ccc(Cl)cc3)S2)n1.